The number of aliphatic hydroxyl groups excluding tert-OH is 2. The first kappa shape index (κ1) is 22.3. The van der Waals surface area contributed by atoms with Gasteiger partial charge in [0.2, 0.25) is 0 Å². The molecule has 1 aliphatic heterocycles. The molecule has 2 aromatic rings. The average Bonchev–Trinajstić information content (AvgIpc) is 2.96. The lowest BCUT2D eigenvalue weighted by Gasteiger charge is -2.20. The summed E-state index contributed by atoms with van der Waals surface area (Å²) < 4.78 is 11.7. The molecule has 2 aromatic carbocycles. The van der Waals surface area contributed by atoms with E-state index < -0.39 is 18.2 Å². The highest BCUT2D eigenvalue weighted by molar-refractivity contribution is 5.89. The quantitative estimate of drug-likeness (QED) is 0.575. The van der Waals surface area contributed by atoms with Crippen molar-refractivity contribution in [1.82, 2.24) is 0 Å². The predicted molar refractivity (Wildman–Crippen MR) is 120 cm³/mol. The molecule has 1 aliphatic carbocycles. The van der Waals surface area contributed by atoms with Gasteiger partial charge in [0.15, 0.2) is 0 Å². The second kappa shape index (κ2) is 10.1. The van der Waals surface area contributed by atoms with Gasteiger partial charge >= 0.3 is 5.97 Å². The Labute approximate surface area is 187 Å². The molecular weight excluding hydrogens is 408 g/mol. The van der Waals surface area contributed by atoms with E-state index in [0.717, 1.165) is 11.1 Å². The first-order chi connectivity index (χ1) is 15.5. The molecule has 0 aromatic heterocycles. The van der Waals surface area contributed by atoms with Crippen LogP contribution in [0.3, 0.4) is 0 Å². The molecule has 4 rings (SSSR count). The topological polar surface area (TPSA) is 96.2 Å². The van der Waals surface area contributed by atoms with Crippen molar-refractivity contribution in [3.8, 4) is 5.75 Å². The number of benzene rings is 2. The van der Waals surface area contributed by atoms with E-state index in [1.807, 2.05) is 42.5 Å². The van der Waals surface area contributed by atoms with Crippen LogP contribution in [0.5, 0.6) is 5.75 Å². The van der Waals surface area contributed by atoms with Gasteiger partial charge in [0.05, 0.1) is 24.4 Å². The van der Waals surface area contributed by atoms with Crippen molar-refractivity contribution in [2.24, 2.45) is 11.8 Å². The van der Waals surface area contributed by atoms with Crippen molar-refractivity contribution in [1.29, 1.82) is 0 Å². The number of carbonyl (C=O) groups is 1. The Morgan fingerprint density at radius 1 is 1.19 bits per heavy atom. The van der Waals surface area contributed by atoms with E-state index >= 15 is 0 Å². The van der Waals surface area contributed by atoms with E-state index in [1.54, 1.807) is 24.3 Å². The van der Waals surface area contributed by atoms with Gasteiger partial charge < -0.3 is 24.8 Å². The summed E-state index contributed by atoms with van der Waals surface area (Å²) in [5.41, 5.74) is 2.04. The Balaban J connectivity index is 1.41. The number of ether oxygens (including phenoxy) is 2. The van der Waals surface area contributed by atoms with E-state index in [4.69, 9.17) is 9.47 Å². The number of hydrogen-bond acceptors (Lipinski definition) is 5. The summed E-state index contributed by atoms with van der Waals surface area (Å²) in [4.78, 5) is 11.3. The molecule has 1 saturated carbocycles. The zero-order valence-electron chi connectivity index (χ0n) is 17.7. The van der Waals surface area contributed by atoms with Gasteiger partial charge in [-0.3, -0.25) is 0 Å². The molecule has 32 heavy (non-hydrogen) atoms. The third-order valence-corrected chi connectivity index (χ3v) is 6.18. The third kappa shape index (κ3) is 5.27. The predicted octanol–water partition coefficient (Wildman–Crippen LogP) is 3.55. The number of carboxylic acid groups (broad SMARTS) is 1. The van der Waals surface area contributed by atoms with Crippen LogP contribution in [-0.2, 0) is 4.74 Å². The molecule has 168 valence electrons. The summed E-state index contributed by atoms with van der Waals surface area (Å²) >= 11 is 0. The maximum atomic E-state index is 11.3. The van der Waals surface area contributed by atoms with Crippen LogP contribution in [0, 0.1) is 11.8 Å². The standard InChI is InChI=1S/C26H28O6/c27-20(16-31-21-7-2-1-3-8-21)10-12-22-23-11-9-19(15-32-25(23)14-24(22)28)17-5-4-6-18(13-17)26(29)30/h1-10,12-13,20,22-25,27-28H,11,14-16H2,(H,29,30)/b12-10+/t20?,22-,23-,24-,25+/m1/s1. The number of aliphatic hydroxyl groups is 2. The maximum absolute atomic E-state index is 11.3. The van der Waals surface area contributed by atoms with Crippen LogP contribution in [0.1, 0.15) is 28.8 Å². The van der Waals surface area contributed by atoms with Crippen LogP contribution < -0.4 is 4.74 Å². The van der Waals surface area contributed by atoms with Gasteiger partial charge in [0.1, 0.15) is 18.5 Å². The van der Waals surface area contributed by atoms with Gasteiger partial charge in [0, 0.05) is 12.3 Å². The second-order valence-corrected chi connectivity index (χ2v) is 8.32. The third-order valence-electron chi connectivity index (χ3n) is 6.18. The molecule has 0 amide bonds. The number of allylic oxidation sites excluding steroid dienone is 1. The van der Waals surface area contributed by atoms with Gasteiger partial charge in [-0.05, 0) is 47.7 Å². The van der Waals surface area contributed by atoms with Gasteiger partial charge in [0.25, 0.3) is 0 Å². The zero-order chi connectivity index (χ0) is 22.5. The number of carboxylic acids is 1. The fraction of sp³-hybridized carbons (Fsp3) is 0.346. The monoisotopic (exact) mass is 436 g/mol. The van der Waals surface area contributed by atoms with Crippen LogP contribution in [-0.4, -0.2) is 52.8 Å². The number of para-hydroxylation sites is 1. The molecular formula is C26H28O6. The summed E-state index contributed by atoms with van der Waals surface area (Å²) in [6.45, 7) is 0.513. The molecule has 5 atom stereocenters. The molecule has 0 radical (unpaired) electrons. The van der Waals surface area contributed by atoms with Crippen molar-refractivity contribution in [2.45, 2.75) is 31.2 Å². The summed E-state index contributed by atoms with van der Waals surface area (Å²) in [6, 6.07) is 16.2. The summed E-state index contributed by atoms with van der Waals surface area (Å²) in [6.07, 6.45) is 5.49. The molecule has 6 nitrogen and oxygen atoms in total. The fourth-order valence-corrected chi connectivity index (χ4v) is 4.47. The summed E-state index contributed by atoms with van der Waals surface area (Å²) in [5, 5.41) is 30.1. The smallest absolute Gasteiger partial charge is 0.335 e. The van der Waals surface area contributed by atoms with Crippen molar-refractivity contribution in [2.75, 3.05) is 13.2 Å². The number of fused-ring (bicyclic) bond motifs is 1. The Bertz CT molecular complexity index is 983. The highest BCUT2D eigenvalue weighted by Crippen LogP contribution is 2.41. The van der Waals surface area contributed by atoms with E-state index in [2.05, 4.69) is 6.08 Å². The molecule has 1 fully saturated rings. The minimum Gasteiger partial charge on any atom is -0.491 e. The SMILES string of the molecule is O=C(O)c1cccc(C2=CC[C@@H]3[C@@H](/C=C/C(O)COc4ccccc4)[C@H](O)C[C@@H]3OC2)c1. The normalized spacial score (nSPS) is 26.2. The lowest BCUT2D eigenvalue weighted by atomic mass is 9.89. The Morgan fingerprint density at radius 2 is 2.00 bits per heavy atom. The molecule has 0 spiro atoms. The van der Waals surface area contributed by atoms with Crippen molar-refractivity contribution in [3.05, 3.63) is 84.0 Å². The minimum atomic E-state index is -0.956. The fourth-order valence-electron chi connectivity index (χ4n) is 4.47. The van der Waals surface area contributed by atoms with Crippen molar-refractivity contribution >= 4 is 11.5 Å². The van der Waals surface area contributed by atoms with E-state index in [9.17, 15) is 20.1 Å². The largest absolute Gasteiger partial charge is 0.491 e. The Morgan fingerprint density at radius 3 is 2.78 bits per heavy atom. The minimum absolute atomic E-state index is 0.0867. The Hall–Kier alpha value is -2.93. The van der Waals surface area contributed by atoms with E-state index in [-0.39, 0.29) is 30.1 Å². The Kier molecular flexibility index (Phi) is 7.05. The van der Waals surface area contributed by atoms with Gasteiger partial charge in [-0.2, -0.15) is 0 Å². The lowest BCUT2D eigenvalue weighted by Crippen LogP contribution is -2.22. The molecule has 3 N–H and O–H groups in total. The number of rotatable bonds is 7. The summed E-state index contributed by atoms with van der Waals surface area (Å²) in [7, 11) is 0. The molecule has 1 heterocycles. The second-order valence-electron chi connectivity index (χ2n) is 8.32. The van der Waals surface area contributed by atoms with Crippen LogP contribution in [0.2, 0.25) is 0 Å². The van der Waals surface area contributed by atoms with E-state index in [1.165, 1.54) is 0 Å². The number of aromatic carboxylic acids is 1. The maximum Gasteiger partial charge on any atom is 0.335 e. The average molecular weight is 437 g/mol. The zero-order valence-corrected chi connectivity index (χ0v) is 17.7. The highest BCUT2D eigenvalue weighted by atomic mass is 16.5. The molecule has 6 heteroatoms. The van der Waals surface area contributed by atoms with Gasteiger partial charge in [-0.15, -0.1) is 0 Å². The van der Waals surface area contributed by atoms with Crippen LogP contribution >= 0.6 is 0 Å². The molecule has 2 aliphatic rings. The van der Waals surface area contributed by atoms with Gasteiger partial charge in [-0.25, -0.2) is 4.79 Å². The highest BCUT2D eigenvalue weighted by Gasteiger charge is 2.42. The molecule has 0 bridgehead atoms. The number of hydrogen-bond donors (Lipinski definition) is 3. The summed E-state index contributed by atoms with van der Waals surface area (Å²) in [5.74, 6) is -0.305. The van der Waals surface area contributed by atoms with Crippen molar-refractivity contribution < 1.29 is 29.6 Å². The lowest BCUT2D eigenvalue weighted by molar-refractivity contribution is 0.0470. The van der Waals surface area contributed by atoms with E-state index in [0.29, 0.717) is 25.2 Å². The van der Waals surface area contributed by atoms with Gasteiger partial charge in [-0.1, -0.05) is 48.6 Å². The molecule has 1 unspecified atom stereocenters. The first-order valence-corrected chi connectivity index (χ1v) is 10.9. The van der Waals surface area contributed by atoms with Crippen LogP contribution in [0.15, 0.2) is 72.8 Å². The molecule has 0 saturated heterocycles. The van der Waals surface area contributed by atoms with Crippen molar-refractivity contribution in [3.63, 3.8) is 0 Å². The van der Waals surface area contributed by atoms with Crippen LogP contribution in [0.25, 0.3) is 5.57 Å². The van der Waals surface area contributed by atoms with Crippen LogP contribution in [0.4, 0.5) is 0 Å². The first-order valence-electron chi connectivity index (χ1n) is 10.9.